The Bertz CT molecular complexity index is 1090. The molecule has 2 aromatic carbocycles. The minimum Gasteiger partial charge on any atom is -0.479 e. The molecule has 146 valence electrons. The van der Waals surface area contributed by atoms with Crippen molar-refractivity contribution >= 4 is 27.5 Å². The lowest BCUT2D eigenvalue weighted by molar-refractivity contribution is -0.145. The SMILES string of the molecule is Cc1ccc(C(=O)C2=C(OC(C)C(=O)O)c3ccccc3S(=O)(=O)N2C)cc1. The van der Waals surface area contributed by atoms with Crippen LogP contribution in [0.4, 0.5) is 0 Å². The van der Waals surface area contributed by atoms with Crippen molar-refractivity contribution in [2.45, 2.75) is 24.8 Å². The van der Waals surface area contributed by atoms with Gasteiger partial charge in [-0.15, -0.1) is 0 Å². The van der Waals surface area contributed by atoms with Crippen LogP contribution in [0.25, 0.3) is 5.76 Å². The highest BCUT2D eigenvalue weighted by atomic mass is 32.2. The third kappa shape index (κ3) is 3.27. The summed E-state index contributed by atoms with van der Waals surface area (Å²) in [6.45, 7) is 3.18. The van der Waals surface area contributed by atoms with Gasteiger partial charge >= 0.3 is 5.97 Å². The number of nitrogens with zero attached hydrogens (tertiary/aromatic N) is 1. The number of carboxylic acid groups (broad SMARTS) is 1. The lowest BCUT2D eigenvalue weighted by Gasteiger charge is -2.31. The maximum Gasteiger partial charge on any atom is 0.344 e. The Labute approximate surface area is 162 Å². The third-order valence-electron chi connectivity index (χ3n) is 4.47. The van der Waals surface area contributed by atoms with Gasteiger partial charge in [0.25, 0.3) is 10.0 Å². The molecule has 0 saturated carbocycles. The zero-order valence-electron chi connectivity index (χ0n) is 15.5. The first-order valence-electron chi connectivity index (χ1n) is 8.48. The third-order valence-corrected chi connectivity index (χ3v) is 6.29. The number of rotatable bonds is 5. The molecule has 0 radical (unpaired) electrons. The minimum atomic E-state index is -3.99. The molecule has 0 bridgehead atoms. The molecule has 0 aliphatic carbocycles. The van der Waals surface area contributed by atoms with Crippen LogP contribution in [0.1, 0.15) is 28.4 Å². The average Bonchev–Trinajstić information content (AvgIpc) is 2.66. The number of carboxylic acids is 1. The van der Waals surface area contributed by atoms with Gasteiger partial charge in [0.05, 0.1) is 4.90 Å². The molecule has 1 atom stereocenters. The summed E-state index contributed by atoms with van der Waals surface area (Å²) < 4.78 is 32.3. The van der Waals surface area contributed by atoms with Gasteiger partial charge in [-0.2, -0.15) is 0 Å². The second-order valence-corrected chi connectivity index (χ2v) is 8.38. The van der Waals surface area contributed by atoms with Crippen molar-refractivity contribution in [3.05, 3.63) is 70.9 Å². The van der Waals surface area contributed by atoms with Crippen LogP contribution >= 0.6 is 0 Å². The smallest absolute Gasteiger partial charge is 0.344 e. The van der Waals surface area contributed by atoms with Crippen LogP contribution in [0.5, 0.6) is 0 Å². The lowest BCUT2D eigenvalue weighted by Crippen LogP contribution is -2.36. The molecule has 2 aromatic rings. The van der Waals surface area contributed by atoms with Crippen molar-refractivity contribution in [1.82, 2.24) is 4.31 Å². The van der Waals surface area contributed by atoms with Crippen molar-refractivity contribution in [2.24, 2.45) is 0 Å². The summed E-state index contributed by atoms with van der Waals surface area (Å²) in [4.78, 5) is 24.5. The molecule has 3 rings (SSSR count). The number of ether oxygens (including phenoxy) is 1. The number of allylic oxidation sites excluding steroid dienone is 1. The quantitative estimate of drug-likeness (QED) is 0.773. The summed E-state index contributed by atoms with van der Waals surface area (Å²) in [6, 6.07) is 12.7. The Morgan fingerprint density at radius 2 is 1.68 bits per heavy atom. The Morgan fingerprint density at radius 1 is 1.07 bits per heavy atom. The maximum atomic E-state index is 13.2. The highest BCUT2D eigenvalue weighted by Crippen LogP contribution is 2.38. The van der Waals surface area contributed by atoms with E-state index in [-0.39, 0.29) is 27.5 Å². The number of carbonyl (C=O) groups is 2. The van der Waals surface area contributed by atoms with E-state index in [0.717, 1.165) is 9.87 Å². The molecule has 1 heterocycles. The molecule has 0 spiro atoms. The predicted molar refractivity (Wildman–Crippen MR) is 102 cm³/mol. The van der Waals surface area contributed by atoms with Crippen LogP contribution in [0.2, 0.25) is 0 Å². The number of sulfonamides is 1. The van der Waals surface area contributed by atoms with Crippen molar-refractivity contribution in [1.29, 1.82) is 0 Å². The van der Waals surface area contributed by atoms with E-state index < -0.39 is 27.9 Å². The second kappa shape index (κ2) is 7.12. The Morgan fingerprint density at radius 3 is 2.29 bits per heavy atom. The van der Waals surface area contributed by atoms with Gasteiger partial charge in [0.2, 0.25) is 5.78 Å². The Kier molecular flexibility index (Phi) is 4.99. The van der Waals surface area contributed by atoms with Crippen LogP contribution in [-0.2, 0) is 19.6 Å². The van der Waals surface area contributed by atoms with Crippen LogP contribution in [0.3, 0.4) is 0 Å². The summed E-state index contributed by atoms with van der Waals surface area (Å²) in [5, 5.41) is 9.24. The zero-order chi connectivity index (χ0) is 20.6. The Balaban J connectivity index is 2.27. The van der Waals surface area contributed by atoms with Crippen LogP contribution in [-0.4, -0.2) is 42.7 Å². The molecule has 0 amide bonds. The summed E-state index contributed by atoms with van der Waals surface area (Å²) in [5.41, 5.74) is 1.14. The monoisotopic (exact) mass is 401 g/mol. The first-order chi connectivity index (χ1) is 13.1. The first kappa shape index (κ1) is 19.6. The molecule has 1 aliphatic rings. The average molecular weight is 401 g/mol. The van der Waals surface area contributed by atoms with Crippen LogP contribution in [0.15, 0.2) is 59.1 Å². The molecular formula is C20H19NO6S. The molecule has 8 heteroatoms. The van der Waals surface area contributed by atoms with Crippen LogP contribution < -0.4 is 0 Å². The number of aryl methyl sites for hydroxylation is 1. The van der Waals surface area contributed by atoms with Crippen molar-refractivity contribution in [3.8, 4) is 0 Å². The van der Waals surface area contributed by atoms with Gasteiger partial charge in [-0.05, 0) is 26.0 Å². The van der Waals surface area contributed by atoms with E-state index in [1.807, 2.05) is 6.92 Å². The van der Waals surface area contributed by atoms with Crippen molar-refractivity contribution < 1.29 is 27.9 Å². The van der Waals surface area contributed by atoms with Gasteiger partial charge < -0.3 is 9.84 Å². The van der Waals surface area contributed by atoms with Gasteiger partial charge in [-0.3, -0.25) is 9.10 Å². The molecule has 0 saturated heterocycles. The van der Waals surface area contributed by atoms with Gasteiger partial charge in [-0.1, -0.05) is 42.0 Å². The van der Waals surface area contributed by atoms with Gasteiger partial charge in [0.1, 0.15) is 5.70 Å². The maximum absolute atomic E-state index is 13.2. The molecule has 0 aromatic heterocycles. The highest BCUT2D eigenvalue weighted by Gasteiger charge is 2.39. The van der Waals surface area contributed by atoms with E-state index in [9.17, 15) is 23.1 Å². The molecule has 1 unspecified atom stereocenters. The second-order valence-electron chi connectivity index (χ2n) is 6.44. The summed E-state index contributed by atoms with van der Waals surface area (Å²) in [5.74, 6) is -1.88. The van der Waals surface area contributed by atoms with E-state index >= 15 is 0 Å². The summed E-state index contributed by atoms with van der Waals surface area (Å²) in [6.07, 6.45) is -1.28. The number of benzene rings is 2. The number of fused-ring (bicyclic) bond motifs is 1. The van der Waals surface area contributed by atoms with Crippen molar-refractivity contribution in [2.75, 3.05) is 7.05 Å². The van der Waals surface area contributed by atoms with Crippen molar-refractivity contribution in [3.63, 3.8) is 0 Å². The number of likely N-dealkylation sites (N-methyl/N-ethyl adjacent to an activating group) is 1. The number of Topliss-reactive ketones (excluding diaryl/α,β-unsaturated/α-hetero) is 1. The lowest BCUT2D eigenvalue weighted by atomic mass is 10.0. The number of carbonyl (C=O) groups excluding carboxylic acids is 1. The summed E-state index contributed by atoms with van der Waals surface area (Å²) >= 11 is 0. The largest absolute Gasteiger partial charge is 0.479 e. The number of hydrogen-bond donors (Lipinski definition) is 1. The molecule has 0 fully saturated rings. The fourth-order valence-corrected chi connectivity index (χ4v) is 4.24. The fraction of sp³-hybridized carbons (Fsp3) is 0.200. The van der Waals surface area contributed by atoms with Gasteiger partial charge in [-0.25, -0.2) is 13.2 Å². The normalized spacial score (nSPS) is 16.3. The van der Waals surface area contributed by atoms with E-state index in [0.29, 0.717) is 0 Å². The predicted octanol–water partition coefficient (Wildman–Crippen LogP) is 2.67. The Hall–Kier alpha value is -3.13. The minimum absolute atomic E-state index is 0.0504. The van der Waals surface area contributed by atoms with Gasteiger partial charge in [0.15, 0.2) is 11.9 Å². The number of hydrogen-bond acceptors (Lipinski definition) is 5. The standard InChI is InChI=1S/C20H19NO6S/c1-12-8-10-14(11-9-12)18(22)17-19(27-13(2)20(23)24)15-6-4-5-7-16(15)28(25,26)21(17)3/h4-11,13H,1-3H3,(H,23,24). The van der Waals surface area contributed by atoms with E-state index in [2.05, 4.69) is 0 Å². The zero-order valence-corrected chi connectivity index (χ0v) is 16.4. The topological polar surface area (TPSA) is 101 Å². The molecule has 1 aliphatic heterocycles. The van der Waals surface area contributed by atoms with E-state index in [4.69, 9.17) is 4.74 Å². The molecule has 1 N–H and O–H groups in total. The fourth-order valence-electron chi connectivity index (χ4n) is 2.85. The molecule has 28 heavy (non-hydrogen) atoms. The van der Waals surface area contributed by atoms with Gasteiger partial charge in [0, 0.05) is 18.2 Å². The van der Waals surface area contributed by atoms with Crippen LogP contribution in [0, 0.1) is 6.92 Å². The van der Waals surface area contributed by atoms with E-state index in [1.165, 1.54) is 26.1 Å². The number of aliphatic carboxylic acids is 1. The van der Waals surface area contributed by atoms with E-state index in [1.54, 1.807) is 36.4 Å². The summed E-state index contributed by atoms with van der Waals surface area (Å²) in [7, 11) is -2.74. The highest BCUT2D eigenvalue weighted by molar-refractivity contribution is 7.89. The first-order valence-corrected chi connectivity index (χ1v) is 9.92. The molecular weight excluding hydrogens is 382 g/mol. The number of ketones is 1. The molecule has 7 nitrogen and oxygen atoms in total.